The lowest BCUT2D eigenvalue weighted by Gasteiger charge is -2.17. The number of nitrogens with one attached hydrogen (secondary N) is 1. The molecule has 146 valence electrons. The summed E-state index contributed by atoms with van der Waals surface area (Å²) in [5.41, 5.74) is 4.82. The van der Waals surface area contributed by atoms with Gasteiger partial charge in [-0.15, -0.1) is 0 Å². The van der Waals surface area contributed by atoms with Gasteiger partial charge in [0.2, 0.25) is 11.8 Å². The highest BCUT2D eigenvalue weighted by atomic mass is 16.2. The number of benzene rings is 2. The van der Waals surface area contributed by atoms with Crippen molar-refractivity contribution in [3.05, 3.63) is 64.7 Å². The van der Waals surface area contributed by atoms with E-state index in [2.05, 4.69) is 5.32 Å². The molecule has 0 atom stereocenters. The van der Waals surface area contributed by atoms with Crippen molar-refractivity contribution in [2.45, 2.75) is 45.6 Å². The van der Waals surface area contributed by atoms with Crippen molar-refractivity contribution in [3.8, 4) is 0 Å². The van der Waals surface area contributed by atoms with Gasteiger partial charge in [-0.05, 0) is 48.1 Å². The van der Waals surface area contributed by atoms with Crippen LogP contribution in [0.5, 0.6) is 0 Å². The van der Waals surface area contributed by atoms with E-state index in [0.29, 0.717) is 17.8 Å². The maximum absolute atomic E-state index is 12.5. The monoisotopic (exact) mass is 378 g/mol. The molecule has 5 nitrogen and oxygen atoms in total. The minimum atomic E-state index is -0.201. The standard InChI is InChI=1S/C23H26N2O3/c1-16(26)25(2)15-20-6-3-4-9-21(20)24-23(28)13-12-22(27)19-11-10-17-7-5-8-18(17)14-19/h3-4,6,9-11,14H,5,7-8,12-13,15H2,1-2H3,(H,24,28). The van der Waals surface area contributed by atoms with Crippen molar-refractivity contribution < 1.29 is 14.4 Å². The molecule has 3 rings (SSSR count). The number of Topliss-reactive ketones (excluding diaryl/α,β-unsaturated/α-hetero) is 1. The number of rotatable bonds is 7. The van der Waals surface area contributed by atoms with Crippen LogP contribution in [-0.4, -0.2) is 29.5 Å². The Balaban J connectivity index is 1.57. The van der Waals surface area contributed by atoms with Crippen LogP contribution in [0, 0.1) is 0 Å². The number of carbonyl (C=O) groups excluding carboxylic acids is 3. The number of hydrogen-bond donors (Lipinski definition) is 1. The third kappa shape index (κ3) is 4.85. The van der Waals surface area contributed by atoms with Gasteiger partial charge in [0, 0.05) is 44.6 Å². The quantitative estimate of drug-likeness (QED) is 0.746. The van der Waals surface area contributed by atoms with Gasteiger partial charge in [0.25, 0.3) is 0 Å². The van der Waals surface area contributed by atoms with Crippen LogP contribution in [0.25, 0.3) is 0 Å². The van der Waals surface area contributed by atoms with E-state index in [0.717, 1.165) is 24.8 Å². The molecule has 1 aliphatic carbocycles. The number of amides is 2. The van der Waals surface area contributed by atoms with Gasteiger partial charge in [-0.2, -0.15) is 0 Å². The largest absolute Gasteiger partial charge is 0.342 e. The number of hydrogen-bond acceptors (Lipinski definition) is 3. The SMILES string of the molecule is CC(=O)N(C)Cc1ccccc1NC(=O)CCC(=O)c1ccc2c(c1)CCC2. The van der Waals surface area contributed by atoms with Gasteiger partial charge >= 0.3 is 0 Å². The molecule has 0 aliphatic heterocycles. The van der Waals surface area contributed by atoms with E-state index in [4.69, 9.17) is 0 Å². The number of anilines is 1. The summed E-state index contributed by atoms with van der Waals surface area (Å²) in [7, 11) is 1.72. The van der Waals surface area contributed by atoms with Gasteiger partial charge in [0.1, 0.15) is 0 Å². The van der Waals surface area contributed by atoms with Crippen molar-refractivity contribution in [2.24, 2.45) is 0 Å². The van der Waals surface area contributed by atoms with E-state index < -0.39 is 0 Å². The zero-order chi connectivity index (χ0) is 20.1. The molecule has 1 N–H and O–H groups in total. The second-order valence-electron chi connectivity index (χ2n) is 7.34. The summed E-state index contributed by atoms with van der Waals surface area (Å²) in [6.07, 6.45) is 3.58. The smallest absolute Gasteiger partial charge is 0.224 e. The number of ketones is 1. The van der Waals surface area contributed by atoms with Crippen molar-refractivity contribution >= 4 is 23.3 Å². The highest BCUT2D eigenvalue weighted by Gasteiger charge is 2.16. The van der Waals surface area contributed by atoms with E-state index in [9.17, 15) is 14.4 Å². The molecule has 0 saturated heterocycles. The highest BCUT2D eigenvalue weighted by molar-refractivity contribution is 6.00. The molecule has 2 aromatic carbocycles. The van der Waals surface area contributed by atoms with Gasteiger partial charge in [0.15, 0.2) is 5.78 Å². The van der Waals surface area contributed by atoms with Crippen LogP contribution in [0.4, 0.5) is 5.69 Å². The molecule has 0 fully saturated rings. The lowest BCUT2D eigenvalue weighted by molar-refractivity contribution is -0.128. The van der Waals surface area contributed by atoms with Gasteiger partial charge in [-0.25, -0.2) is 0 Å². The number of para-hydroxylation sites is 1. The molecule has 0 spiro atoms. The Labute approximate surface area is 165 Å². The summed E-state index contributed by atoms with van der Waals surface area (Å²) in [6, 6.07) is 13.3. The lowest BCUT2D eigenvalue weighted by Crippen LogP contribution is -2.24. The Morgan fingerprint density at radius 3 is 2.54 bits per heavy atom. The fourth-order valence-corrected chi connectivity index (χ4v) is 3.48. The Morgan fingerprint density at radius 2 is 1.75 bits per heavy atom. The Bertz CT molecular complexity index is 904. The van der Waals surface area contributed by atoms with Crippen LogP contribution in [0.2, 0.25) is 0 Å². The molecular formula is C23H26N2O3. The molecule has 0 aromatic heterocycles. The summed E-state index contributed by atoms with van der Waals surface area (Å²) >= 11 is 0. The summed E-state index contributed by atoms with van der Waals surface area (Å²) in [5.74, 6) is -0.247. The van der Waals surface area contributed by atoms with Crippen molar-refractivity contribution in [3.63, 3.8) is 0 Å². The van der Waals surface area contributed by atoms with Gasteiger partial charge in [-0.1, -0.05) is 30.3 Å². The van der Waals surface area contributed by atoms with Gasteiger partial charge in [0.05, 0.1) is 0 Å². The third-order valence-electron chi connectivity index (χ3n) is 5.24. The van der Waals surface area contributed by atoms with Crippen molar-refractivity contribution in [1.82, 2.24) is 4.90 Å². The molecule has 0 bridgehead atoms. The second kappa shape index (κ2) is 8.83. The number of fused-ring (bicyclic) bond motifs is 1. The first-order valence-electron chi connectivity index (χ1n) is 9.68. The topological polar surface area (TPSA) is 66.5 Å². The minimum Gasteiger partial charge on any atom is -0.342 e. The molecule has 0 unspecified atom stereocenters. The first-order chi connectivity index (χ1) is 13.4. The summed E-state index contributed by atoms with van der Waals surface area (Å²) in [6.45, 7) is 1.92. The average molecular weight is 378 g/mol. The second-order valence-corrected chi connectivity index (χ2v) is 7.34. The number of aryl methyl sites for hydroxylation is 2. The first kappa shape index (κ1) is 19.8. The van der Waals surface area contributed by atoms with Crippen molar-refractivity contribution in [1.29, 1.82) is 0 Å². The highest BCUT2D eigenvalue weighted by Crippen LogP contribution is 2.23. The fourth-order valence-electron chi connectivity index (χ4n) is 3.48. The Morgan fingerprint density at radius 1 is 1.00 bits per heavy atom. The fraction of sp³-hybridized carbons (Fsp3) is 0.348. The van der Waals surface area contributed by atoms with Crippen LogP contribution in [0.15, 0.2) is 42.5 Å². The maximum atomic E-state index is 12.5. The Hall–Kier alpha value is -2.95. The average Bonchev–Trinajstić information content (AvgIpc) is 3.15. The zero-order valence-electron chi connectivity index (χ0n) is 16.5. The number of carbonyl (C=O) groups is 3. The Kier molecular flexibility index (Phi) is 6.24. The van der Waals surface area contributed by atoms with E-state index in [-0.39, 0.29) is 30.4 Å². The first-order valence-corrected chi connectivity index (χ1v) is 9.68. The minimum absolute atomic E-state index is 0.00514. The predicted octanol–water partition coefficient (Wildman–Crippen LogP) is 3.76. The van der Waals surface area contributed by atoms with E-state index in [1.807, 2.05) is 42.5 Å². The van der Waals surface area contributed by atoms with E-state index >= 15 is 0 Å². The van der Waals surface area contributed by atoms with Gasteiger partial charge in [-0.3, -0.25) is 14.4 Å². The summed E-state index contributed by atoms with van der Waals surface area (Å²) < 4.78 is 0. The van der Waals surface area contributed by atoms with E-state index in [1.165, 1.54) is 18.1 Å². The molecule has 2 aromatic rings. The maximum Gasteiger partial charge on any atom is 0.224 e. The molecule has 5 heteroatoms. The van der Waals surface area contributed by atoms with Crippen LogP contribution < -0.4 is 5.32 Å². The molecule has 28 heavy (non-hydrogen) atoms. The lowest BCUT2D eigenvalue weighted by atomic mass is 10.0. The predicted molar refractivity (Wildman–Crippen MR) is 109 cm³/mol. The number of nitrogens with zero attached hydrogens (tertiary/aromatic N) is 1. The molecular weight excluding hydrogens is 352 g/mol. The van der Waals surface area contributed by atoms with Crippen LogP contribution in [-0.2, 0) is 29.0 Å². The third-order valence-corrected chi connectivity index (χ3v) is 5.24. The molecule has 0 heterocycles. The van der Waals surface area contributed by atoms with Crippen LogP contribution in [0.1, 0.15) is 53.2 Å². The van der Waals surface area contributed by atoms with Crippen LogP contribution >= 0.6 is 0 Å². The van der Waals surface area contributed by atoms with Crippen molar-refractivity contribution in [2.75, 3.05) is 12.4 Å². The molecule has 0 radical (unpaired) electrons. The van der Waals surface area contributed by atoms with Gasteiger partial charge < -0.3 is 10.2 Å². The molecule has 2 amide bonds. The van der Waals surface area contributed by atoms with E-state index in [1.54, 1.807) is 11.9 Å². The molecule has 1 aliphatic rings. The van der Waals surface area contributed by atoms with Crippen LogP contribution in [0.3, 0.4) is 0 Å². The molecule has 0 saturated carbocycles. The summed E-state index contributed by atoms with van der Waals surface area (Å²) in [4.78, 5) is 37.9. The summed E-state index contributed by atoms with van der Waals surface area (Å²) in [5, 5.41) is 2.87. The normalized spacial score (nSPS) is 12.4. The zero-order valence-corrected chi connectivity index (χ0v) is 16.5.